The predicted molar refractivity (Wildman–Crippen MR) is 42.8 cm³/mol. The number of rotatable bonds is 2. The van der Waals surface area contributed by atoms with Crippen molar-refractivity contribution < 1.29 is 26.7 Å². The van der Waals surface area contributed by atoms with Gasteiger partial charge in [-0.05, 0) is 6.92 Å². The van der Waals surface area contributed by atoms with E-state index >= 15 is 0 Å². The summed E-state index contributed by atoms with van der Waals surface area (Å²) < 4.78 is 64.1. The molecule has 1 rings (SSSR count). The molecule has 1 aromatic carbocycles. The van der Waals surface area contributed by atoms with Crippen LogP contribution in [0.1, 0.15) is 18.5 Å². The van der Waals surface area contributed by atoms with E-state index < -0.39 is 40.7 Å². The fourth-order valence-electron chi connectivity index (χ4n) is 1.13. The summed E-state index contributed by atoms with van der Waals surface area (Å²) in [5.41, 5.74) is -1.15. The minimum atomic E-state index is -2.25. The maximum Gasteiger partial charge on any atom is 0.235 e. The lowest BCUT2D eigenvalue weighted by atomic mass is 10.1. The second-order valence-electron chi connectivity index (χ2n) is 2.88. The highest BCUT2D eigenvalue weighted by Gasteiger charge is 2.28. The van der Waals surface area contributed by atoms with E-state index in [1.54, 1.807) is 0 Å². The summed E-state index contributed by atoms with van der Waals surface area (Å²) in [6, 6.07) is -1.50. The van der Waals surface area contributed by atoms with Gasteiger partial charge in [0.2, 0.25) is 11.9 Å². The number of nitrogens with zero attached hydrogens (tertiary/aromatic N) is 1. The van der Waals surface area contributed by atoms with Crippen LogP contribution >= 0.6 is 0 Å². The van der Waals surface area contributed by atoms with E-state index in [1.807, 2.05) is 0 Å². The third kappa shape index (κ3) is 1.81. The molecule has 0 aliphatic heterocycles. The van der Waals surface area contributed by atoms with E-state index in [0.29, 0.717) is 0 Å². The first-order valence-electron chi connectivity index (χ1n) is 4.00. The van der Waals surface area contributed by atoms with Gasteiger partial charge in [0.05, 0.1) is 11.6 Å². The Kier molecular flexibility index (Phi) is 3.39. The van der Waals surface area contributed by atoms with Gasteiger partial charge in [-0.15, -0.1) is 0 Å². The molecule has 86 valence electrons. The molecule has 0 spiro atoms. The summed E-state index contributed by atoms with van der Waals surface area (Å²) in [6.45, 7) is 1.00. The fourth-order valence-corrected chi connectivity index (χ4v) is 1.13. The van der Waals surface area contributed by atoms with E-state index in [2.05, 4.69) is 4.99 Å². The SMILES string of the molecule is CC(N=C=O)c1c(F)c(F)c(F)c(F)c1F. The summed E-state index contributed by atoms with van der Waals surface area (Å²) in [5, 5.41) is 0. The highest BCUT2D eigenvalue weighted by Crippen LogP contribution is 2.28. The summed E-state index contributed by atoms with van der Waals surface area (Å²) in [7, 11) is 0. The molecule has 0 aliphatic carbocycles. The highest BCUT2D eigenvalue weighted by molar-refractivity contribution is 5.36. The molecule has 0 N–H and O–H groups in total. The number of aliphatic imine (C=N–C) groups is 1. The van der Waals surface area contributed by atoms with Gasteiger partial charge in [-0.25, -0.2) is 26.7 Å². The molecule has 0 aliphatic rings. The minimum Gasteiger partial charge on any atom is -0.211 e. The van der Waals surface area contributed by atoms with Crippen LogP contribution in [0.25, 0.3) is 0 Å². The first kappa shape index (κ1) is 12.3. The van der Waals surface area contributed by atoms with Crippen LogP contribution in [0.4, 0.5) is 22.0 Å². The second kappa shape index (κ2) is 4.40. The molecule has 0 bridgehead atoms. The second-order valence-corrected chi connectivity index (χ2v) is 2.88. The van der Waals surface area contributed by atoms with Crippen molar-refractivity contribution in [3.05, 3.63) is 34.6 Å². The quantitative estimate of drug-likeness (QED) is 0.255. The molecule has 0 aromatic heterocycles. The van der Waals surface area contributed by atoms with Gasteiger partial charge >= 0.3 is 0 Å². The molecule has 1 atom stereocenters. The zero-order chi connectivity index (χ0) is 12.5. The van der Waals surface area contributed by atoms with Crippen LogP contribution in [0, 0.1) is 29.1 Å². The van der Waals surface area contributed by atoms with Crippen LogP contribution in [0.2, 0.25) is 0 Å². The number of halogens is 5. The first-order valence-corrected chi connectivity index (χ1v) is 4.00. The Morgan fingerprint density at radius 1 is 0.938 bits per heavy atom. The van der Waals surface area contributed by atoms with Crippen LogP contribution in [-0.4, -0.2) is 6.08 Å². The number of carbonyl (C=O) groups excluding carboxylic acids is 1. The minimum absolute atomic E-state index is 0.977. The zero-order valence-corrected chi connectivity index (χ0v) is 7.82. The van der Waals surface area contributed by atoms with E-state index in [4.69, 9.17) is 0 Å². The Balaban J connectivity index is 3.57. The Bertz CT molecular complexity index is 452. The monoisotopic (exact) mass is 237 g/mol. The van der Waals surface area contributed by atoms with Gasteiger partial charge in [0.15, 0.2) is 23.3 Å². The van der Waals surface area contributed by atoms with Crippen LogP contribution in [0.5, 0.6) is 0 Å². The van der Waals surface area contributed by atoms with Crippen molar-refractivity contribution in [3.8, 4) is 0 Å². The standard InChI is InChI=1S/C9H4F5NO/c1-3(15-2-16)4-5(10)7(12)9(14)8(13)6(4)11/h3H,1H3. The largest absolute Gasteiger partial charge is 0.235 e. The van der Waals surface area contributed by atoms with Crippen molar-refractivity contribution in [1.82, 2.24) is 0 Å². The highest BCUT2D eigenvalue weighted by atomic mass is 19.2. The third-order valence-corrected chi connectivity index (χ3v) is 1.91. The third-order valence-electron chi connectivity index (χ3n) is 1.91. The van der Waals surface area contributed by atoms with Gasteiger partial charge in [-0.1, -0.05) is 0 Å². The fraction of sp³-hybridized carbons (Fsp3) is 0.222. The smallest absolute Gasteiger partial charge is 0.211 e. The lowest BCUT2D eigenvalue weighted by Crippen LogP contribution is -2.08. The number of benzene rings is 1. The van der Waals surface area contributed by atoms with Crippen molar-refractivity contribution in [1.29, 1.82) is 0 Å². The predicted octanol–water partition coefficient (Wildman–Crippen LogP) is 2.78. The van der Waals surface area contributed by atoms with E-state index in [0.717, 1.165) is 13.0 Å². The summed E-state index contributed by atoms with van der Waals surface area (Å²) in [5.74, 6) is -10.4. The van der Waals surface area contributed by atoms with E-state index in [-0.39, 0.29) is 0 Å². The lowest BCUT2D eigenvalue weighted by Gasteiger charge is -2.09. The van der Waals surface area contributed by atoms with Crippen LogP contribution < -0.4 is 0 Å². The number of hydrogen-bond acceptors (Lipinski definition) is 2. The molecule has 0 fully saturated rings. The van der Waals surface area contributed by atoms with Gasteiger partial charge in [-0.2, -0.15) is 4.99 Å². The Hall–Kier alpha value is -1.75. The molecule has 1 unspecified atom stereocenters. The van der Waals surface area contributed by atoms with Crippen molar-refractivity contribution in [2.75, 3.05) is 0 Å². The molecule has 2 nitrogen and oxygen atoms in total. The van der Waals surface area contributed by atoms with Gasteiger partial charge in [0, 0.05) is 0 Å². The summed E-state index contributed by atoms with van der Waals surface area (Å²) in [4.78, 5) is 12.7. The van der Waals surface area contributed by atoms with Gasteiger partial charge in [0.1, 0.15) is 0 Å². The lowest BCUT2D eigenvalue weighted by molar-refractivity contribution is 0.366. The molecule has 7 heteroatoms. The Labute approximate surface area is 86.4 Å². The Morgan fingerprint density at radius 2 is 1.31 bits per heavy atom. The molecule has 1 aromatic rings. The maximum absolute atomic E-state index is 13.1. The van der Waals surface area contributed by atoms with E-state index in [9.17, 15) is 26.7 Å². The van der Waals surface area contributed by atoms with E-state index in [1.165, 1.54) is 0 Å². The molecule has 0 saturated heterocycles. The number of isocyanates is 1. The van der Waals surface area contributed by atoms with Crippen molar-refractivity contribution in [2.45, 2.75) is 13.0 Å². The zero-order valence-electron chi connectivity index (χ0n) is 7.82. The van der Waals surface area contributed by atoms with Crippen molar-refractivity contribution >= 4 is 6.08 Å². The summed E-state index contributed by atoms with van der Waals surface area (Å²) in [6.07, 6.45) is 0.977. The molecule has 0 saturated carbocycles. The molecule has 0 amide bonds. The summed E-state index contributed by atoms with van der Waals surface area (Å²) >= 11 is 0. The first-order chi connectivity index (χ1) is 7.41. The van der Waals surface area contributed by atoms with Gasteiger partial charge in [-0.3, -0.25) is 0 Å². The maximum atomic E-state index is 13.1. The molecular formula is C9H4F5NO. The van der Waals surface area contributed by atoms with Crippen LogP contribution in [-0.2, 0) is 4.79 Å². The number of hydrogen-bond donors (Lipinski definition) is 0. The van der Waals surface area contributed by atoms with Crippen LogP contribution in [0.3, 0.4) is 0 Å². The topological polar surface area (TPSA) is 29.4 Å². The molecule has 16 heavy (non-hydrogen) atoms. The van der Waals surface area contributed by atoms with Crippen molar-refractivity contribution in [3.63, 3.8) is 0 Å². The van der Waals surface area contributed by atoms with Crippen LogP contribution in [0.15, 0.2) is 4.99 Å². The van der Waals surface area contributed by atoms with Crippen molar-refractivity contribution in [2.24, 2.45) is 4.99 Å². The van der Waals surface area contributed by atoms with Gasteiger partial charge < -0.3 is 0 Å². The molecule has 0 heterocycles. The van der Waals surface area contributed by atoms with Gasteiger partial charge in [0.25, 0.3) is 0 Å². The molecular weight excluding hydrogens is 233 g/mol. The average Bonchev–Trinajstić information content (AvgIpc) is 2.24. The average molecular weight is 237 g/mol. The molecule has 0 radical (unpaired) electrons. The normalized spacial score (nSPS) is 12.1. The Morgan fingerprint density at radius 3 is 1.69 bits per heavy atom.